The summed E-state index contributed by atoms with van der Waals surface area (Å²) >= 11 is 3.60. The van der Waals surface area contributed by atoms with Crippen molar-refractivity contribution < 1.29 is 4.52 Å². The summed E-state index contributed by atoms with van der Waals surface area (Å²) in [6.45, 7) is 5.12. The van der Waals surface area contributed by atoms with Crippen LogP contribution in [0.4, 0.5) is 5.69 Å². The zero-order valence-corrected chi connectivity index (χ0v) is 15.3. The molecule has 0 radical (unpaired) electrons. The minimum Gasteiger partial charge on any atom is -0.361 e. The number of benzene rings is 1. The number of aromatic nitrogens is 3. The molecule has 1 unspecified atom stereocenters. The van der Waals surface area contributed by atoms with Gasteiger partial charge in [0.25, 0.3) is 0 Å². The third-order valence-electron chi connectivity index (χ3n) is 4.51. The standard InChI is InChI=1S/C18H19BrN4O/c1-11(2)18-21-17(22-24-18)15-7-4-10-23(15)14-8-9-20-16-12(14)5-3-6-13(16)19/h3,5-6,8-9,11,15H,4,7,10H2,1-2H3. The highest BCUT2D eigenvalue weighted by Crippen LogP contribution is 2.39. The first kappa shape index (κ1) is 15.6. The third kappa shape index (κ3) is 2.59. The molecule has 1 aliphatic rings. The SMILES string of the molecule is CC(C)c1nc(C2CCCN2c2ccnc3c(Br)cccc23)no1. The first-order chi connectivity index (χ1) is 11.6. The first-order valence-corrected chi connectivity index (χ1v) is 9.08. The second-order valence-electron chi connectivity index (χ2n) is 6.46. The van der Waals surface area contributed by atoms with Gasteiger partial charge in [0.2, 0.25) is 5.89 Å². The number of pyridine rings is 1. The van der Waals surface area contributed by atoms with Gasteiger partial charge in [0, 0.05) is 34.2 Å². The number of nitrogens with zero attached hydrogens (tertiary/aromatic N) is 4. The molecule has 1 aromatic carbocycles. The van der Waals surface area contributed by atoms with E-state index in [0.29, 0.717) is 5.89 Å². The van der Waals surface area contributed by atoms with Gasteiger partial charge in [-0.2, -0.15) is 4.98 Å². The van der Waals surface area contributed by atoms with E-state index in [1.165, 1.54) is 5.69 Å². The molecule has 1 saturated heterocycles. The summed E-state index contributed by atoms with van der Waals surface area (Å²) in [5.41, 5.74) is 2.16. The van der Waals surface area contributed by atoms with Gasteiger partial charge >= 0.3 is 0 Å². The Morgan fingerprint density at radius 2 is 2.17 bits per heavy atom. The maximum atomic E-state index is 5.42. The van der Waals surface area contributed by atoms with Gasteiger partial charge in [-0.3, -0.25) is 4.98 Å². The van der Waals surface area contributed by atoms with E-state index >= 15 is 0 Å². The molecule has 0 N–H and O–H groups in total. The van der Waals surface area contributed by atoms with Crippen molar-refractivity contribution in [1.29, 1.82) is 0 Å². The first-order valence-electron chi connectivity index (χ1n) is 8.28. The zero-order valence-electron chi connectivity index (χ0n) is 13.7. The Kier molecular flexibility index (Phi) is 4.00. The van der Waals surface area contributed by atoms with Crippen molar-refractivity contribution >= 4 is 32.5 Å². The van der Waals surface area contributed by atoms with E-state index in [4.69, 9.17) is 4.52 Å². The molecule has 6 heteroatoms. The molecule has 24 heavy (non-hydrogen) atoms. The number of rotatable bonds is 3. The van der Waals surface area contributed by atoms with E-state index < -0.39 is 0 Å². The predicted octanol–water partition coefficient (Wildman–Crippen LogP) is 4.85. The molecule has 4 rings (SSSR count). The highest BCUT2D eigenvalue weighted by atomic mass is 79.9. The summed E-state index contributed by atoms with van der Waals surface area (Å²) in [6.07, 6.45) is 4.02. The number of hydrogen-bond acceptors (Lipinski definition) is 5. The fourth-order valence-electron chi connectivity index (χ4n) is 3.32. The molecule has 2 aromatic heterocycles. The highest BCUT2D eigenvalue weighted by Gasteiger charge is 2.31. The quantitative estimate of drug-likeness (QED) is 0.643. The van der Waals surface area contributed by atoms with Gasteiger partial charge in [0.15, 0.2) is 5.82 Å². The monoisotopic (exact) mass is 386 g/mol. The van der Waals surface area contributed by atoms with Crippen LogP contribution in [0.15, 0.2) is 39.5 Å². The summed E-state index contributed by atoms with van der Waals surface area (Å²) in [4.78, 5) is 11.5. The summed E-state index contributed by atoms with van der Waals surface area (Å²) in [6, 6.07) is 8.43. The normalized spacial score (nSPS) is 18.0. The van der Waals surface area contributed by atoms with Crippen molar-refractivity contribution in [3.05, 3.63) is 46.7 Å². The largest absolute Gasteiger partial charge is 0.361 e. The molecule has 0 bridgehead atoms. The Labute approximate surface area is 149 Å². The van der Waals surface area contributed by atoms with Crippen LogP contribution in [0.5, 0.6) is 0 Å². The van der Waals surface area contributed by atoms with E-state index in [1.807, 2.05) is 18.3 Å². The van der Waals surface area contributed by atoms with Gasteiger partial charge in [-0.05, 0) is 40.9 Å². The van der Waals surface area contributed by atoms with E-state index in [1.54, 1.807) is 0 Å². The summed E-state index contributed by atoms with van der Waals surface area (Å²) in [7, 11) is 0. The molecule has 0 saturated carbocycles. The zero-order chi connectivity index (χ0) is 16.7. The van der Waals surface area contributed by atoms with E-state index in [0.717, 1.165) is 40.6 Å². The van der Waals surface area contributed by atoms with Crippen molar-refractivity contribution in [3.8, 4) is 0 Å². The van der Waals surface area contributed by atoms with Crippen LogP contribution in [-0.4, -0.2) is 21.7 Å². The smallest absolute Gasteiger partial charge is 0.229 e. The molecule has 0 amide bonds. The summed E-state index contributed by atoms with van der Waals surface area (Å²) in [5.74, 6) is 1.74. The lowest BCUT2D eigenvalue weighted by atomic mass is 10.1. The van der Waals surface area contributed by atoms with Crippen LogP contribution in [0.25, 0.3) is 10.9 Å². The van der Waals surface area contributed by atoms with Crippen molar-refractivity contribution in [2.45, 2.75) is 38.6 Å². The van der Waals surface area contributed by atoms with Gasteiger partial charge in [-0.15, -0.1) is 0 Å². The fourth-order valence-corrected chi connectivity index (χ4v) is 3.79. The molecule has 124 valence electrons. The van der Waals surface area contributed by atoms with Crippen LogP contribution in [0.2, 0.25) is 0 Å². The number of fused-ring (bicyclic) bond motifs is 1. The molecule has 1 fully saturated rings. The maximum absolute atomic E-state index is 5.42. The molecule has 3 aromatic rings. The molecule has 1 atom stereocenters. The number of para-hydroxylation sites is 1. The molecule has 5 nitrogen and oxygen atoms in total. The Morgan fingerprint density at radius 3 is 2.96 bits per heavy atom. The lowest BCUT2D eigenvalue weighted by Crippen LogP contribution is -2.23. The summed E-state index contributed by atoms with van der Waals surface area (Å²) in [5, 5.41) is 5.38. The van der Waals surface area contributed by atoms with Gasteiger partial charge in [-0.25, -0.2) is 0 Å². The van der Waals surface area contributed by atoms with E-state index in [-0.39, 0.29) is 12.0 Å². The van der Waals surface area contributed by atoms with Gasteiger partial charge in [-0.1, -0.05) is 31.1 Å². The van der Waals surface area contributed by atoms with Gasteiger partial charge in [0.05, 0.1) is 11.6 Å². The Bertz CT molecular complexity index is 876. The van der Waals surface area contributed by atoms with Gasteiger partial charge in [0.1, 0.15) is 0 Å². The van der Waals surface area contributed by atoms with Crippen LogP contribution >= 0.6 is 15.9 Å². The number of halogens is 1. The van der Waals surface area contributed by atoms with Crippen molar-refractivity contribution in [1.82, 2.24) is 15.1 Å². The topological polar surface area (TPSA) is 55.1 Å². The number of anilines is 1. The predicted molar refractivity (Wildman–Crippen MR) is 97.2 cm³/mol. The minimum atomic E-state index is 0.158. The average Bonchev–Trinajstić information content (AvgIpc) is 3.24. The average molecular weight is 387 g/mol. The lowest BCUT2D eigenvalue weighted by molar-refractivity contribution is 0.358. The van der Waals surface area contributed by atoms with Crippen LogP contribution in [0, 0.1) is 0 Å². The lowest BCUT2D eigenvalue weighted by Gasteiger charge is -2.25. The van der Waals surface area contributed by atoms with Crippen LogP contribution in [-0.2, 0) is 0 Å². The van der Waals surface area contributed by atoms with Crippen molar-refractivity contribution in [2.75, 3.05) is 11.4 Å². The van der Waals surface area contributed by atoms with E-state index in [2.05, 4.69) is 61.9 Å². The molecule has 3 heterocycles. The molecular weight excluding hydrogens is 368 g/mol. The van der Waals surface area contributed by atoms with Crippen molar-refractivity contribution in [2.24, 2.45) is 0 Å². The summed E-state index contributed by atoms with van der Waals surface area (Å²) < 4.78 is 6.43. The highest BCUT2D eigenvalue weighted by molar-refractivity contribution is 9.10. The second kappa shape index (κ2) is 6.16. The minimum absolute atomic E-state index is 0.158. The van der Waals surface area contributed by atoms with Crippen LogP contribution in [0.1, 0.15) is 50.4 Å². The van der Waals surface area contributed by atoms with Gasteiger partial charge < -0.3 is 9.42 Å². The fraction of sp³-hybridized carbons (Fsp3) is 0.389. The van der Waals surface area contributed by atoms with Crippen molar-refractivity contribution in [3.63, 3.8) is 0 Å². The van der Waals surface area contributed by atoms with E-state index in [9.17, 15) is 0 Å². The second-order valence-corrected chi connectivity index (χ2v) is 7.32. The third-order valence-corrected chi connectivity index (χ3v) is 5.15. The Morgan fingerprint density at radius 1 is 1.29 bits per heavy atom. The van der Waals surface area contributed by atoms with Crippen LogP contribution < -0.4 is 4.90 Å². The molecule has 1 aliphatic heterocycles. The molecule has 0 aliphatic carbocycles. The van der Waals surface area contributed by atoms with Crippen LogP contribution in [0.3, 0.4) is 0 Å². The Hall–Kier alpha value is -1.95. The molecular formula is C18H19BrN4O. The molecule has 0 spiro atoms. The Balaban J connectivity index is 1.76. The maximum Gasteiger partial charge on any atom is 0.229 e. The number of hydrogen-bond donors (Lipinski definition) is 0.